The minimum atomic E-state index is -0.231. The summed E-state index contributed by atoms with van der Waals surface area (Å²) in [6, 6.07) is 19.0. The van der Waals surface area contributed by atoms with Crippen LogP contribution in [0.5, 0.6) is 0 Å². The molecule has 6 rings (SSSR count). The van der Waals surface area contributed by atoms with Crippen molar-refractivity contribution in [1.82, 2.24) is 18.9 Å². The third-order valence-corrected chi connectivity index (χ3v) is 11.9. The summed E-state index contributed by atoms with van der Waals surface area (Å²) in [6.45, 7) is 12.4. The van der Waals surface area contributed by atoms with Crippen LogP contribution in [-0.4, -0.2) is 45.1 Å². The fourth-order valence-electron chi connectivity index (χ4n) is 6.18. The van der Waals surface area contributed by atoms with Crippen LogP contribution in [0.15, 0.2) is 60.7 Å². The van der Waals surface area contributed by atoms with Crippen LogP contribution in [0.2, 0.25) is 0 Å². The number of hydrogen-bond donors (Lipinski definition) is 0. The molecule has 4 heterocycles. The molecule has 0 saturated carbocycles. The molecule has 0 bridgehead atoms. The number of hydrogen-bond acceptors (Lipinski definition) is 9. The van der Waals surface area contributed by atoms with Gasteiger partial charge in [0.15, 0.2) is 0 Å². The van der Waals surface area contributed by atoms with Crippen LogP contribution in [0, 0.1) is 11.6 Å². The van der Waals surface area contributed by atoms with Crippen LogP contribution in [-0.2, 0) is 0 Å². The molecule has 0 spiro atoms. The molecule has 11 heteroatoms. The molecule has 0 unspecified atom stereocenters. The molecule has 268 valence electrons. The molecule has 0 atom stereocenters. The van der Waals surface area contributed by atoms with Gasteiger partial charge in [0, 0.05) is 58.4 Å². The third-order valence-electron chi connectivity index (χ3n) is 9.16. The van der Waals surface area contributed by atoms with Gasteiger partial charge in [0.25, 0.3) is 0 Å². The van der Waals surface area contributed by atoms with Gasteiger partial charge in [-0.05, 0) is 86.3 Å². The van der Waals surface area contributed by atoms with E-state index in [2.05, 4.69) is 56.4 Å². The number of thiophene rings is 2. The van der Waals surface area contributed by atoms with E-state index in [0.717, 1.165) is 120 Å². The minimum absolute atomic E-state index is 0.231. The molecular weight excluding hydrogens is 699 g/mol. The van der Waals surface area contributed by atoms with E-state index in [1.165, 1.54) is 22.7 Å². The highest BCUT2D eigenvalue weighted by atomic mass is 32.1. The average Bonchev–Trinajstić information content (AvgIpc) is 3.94. The molecule has 2 aromatic carbocycles. The lowest BCUT2D eigenvalue weighted by molar-refractivity contribution is 0.626. The number of rotatable bonds is 18. The number of anilines is 2. The first-order chi connectivity index (χ1) is 24.9. The van der Waals surface area contributed by atoms with Gasteiger partial charge in [0.1, 0.15) is 34.1 Å². The van der Waals surface area contributed by atoms with Gasteiger partial charge in [-0.25, -0.2) is 8.78 Å². The van der Waals surface area contributed by atoms with Crippen LogP contribution in [0.3, 0.4) is 0 Å². The summed E-state index contributed by atoms with van der Waals surface area (Å²) >= 11 is 4.05. The van der Waals surface area contributed by atoms with E-state index >= 15 is 8.78 Å². The highest BCUT2D eigenvalue weighted by molar-refractivity contribution is 7.19. The predicted octanol–water partition coefficient (Wildman–Crippen LogP) is 12.4. The lowest BCUT2D eigenvalue weighted by Gasteiger charge is -2.25. The van der Waals surface area contributed by atoms with Gasteiger partial charge in [-0.1, -0.05) is 53.4 Å². The summed E-state index contributed by atoms with van der Waals surface area (Å²) in [5, 5.41) is 9.24. The van der Waals surface area contributed by atoms with E-state index in [-0.39, 0.29) is 11.6 Å². The molecule has 0 aliphatic carbocycles. The first-order valence-electron chi connectivity index (χ1n) is 18.2. The van der Waals surface area contributed by atoms with Gasteiger partial charge in [-0.2, -0.15) is 8.75 Å². The second-order valence-electron chi connectivity index (χ2n) is 12.9. The molecule has 0 aliphatic rings. The summed E-state index contributed by atoms with van der Waals surface area (Å²) < 4.78 is 40.4. The summed E-state index contributed by atoms with van der Waals surface area (Å²) in [6.07, 6.45) is 8.75. The van der Waals surface area contributed by atoms with Crippen molar-refractivity contribution in [3.63, 3.8) is 0 Å². The largest absolute Gasteiger partial charge is 0.371 e. The number of benzene rings is 2. The summed E-state index contributed by atoms with van der Waals surface area (Å²) in [5.74, 6) is -0.462. The van der Waals surface area contributed by atoms with Crippen LogP contribution < -0.4 is 9.80 Å². The van der Waals surface area contributed by atoms with E-state index in [0.29, 0.717) is 33.5 Å². The Kier molecular flexibility index (Phi) is 12.8. The van der Waals surface area contributed by atoms with Gasteiger partial charge >= 0.3 is 0 Å². The van der Waals surface area contributed by atoms with Crippen molar-refractivity contribution in [2.45, 2.75) is 79.1 Å². The Morgan fingerprint density at radius 3 is 1.24 bits per heavy atom. The maximum atomic E-state index is 15.6. The Bertz CT molecular complexity index is 1880. The van der Waals surface area contributed by atoms with Gasteiger partial charge in [-0.15, -0.1) is 32.9 Å². The Labute approximate surface area is 312 Å². The number of halogens is 2. The maximum absolute atomic E-state index is 15.6. The summed E-state index contributed by atoms with van der Waals surface area (Å²) in [4.78, 5) is 7.92. The van der Waals surface area contributed by atoms with Gasteiger partial charge in [0.05, 0.1) is 21.5 Å². The SMILES string of the molecule is CCCCN(CCCC)c1ccc(-c2ccc(-c3nnc(-c4ccc(-c5ccc(N(CCCC)CCCC)cc5F)s4)c4nsnc34)s2)c(F)c1. The topological polar surface area (TPSA) is 58.0 Å². The van der Waals surface area contributed by atoms with Crippen LogP contribution in [0.25, 0.3) is 53.1 Å². The molecule has 0 fully saturated rings. The zero-order chi connectivity index (χ0) is 35.7. The van der Waals surface area contributed by atoms with Crippen LogP contribution >= 0.6 is 34.4 Å². The van der Waals surface area contributed by atoms with Gasteiger partial charge in [-0.3, -0.25) is 0 Å². The van der Waals surface area contributed by atoms with Crippen molar-refractivity contribution in [3.05, 3.63) is 72.3 Å². The average molecular weight is 745 g/mol. The fourth-order valence-corrected chi connectivity index (χ4v) is 8.77. The van der Waals surface area contributed by atoms with Crippen LogP contribution in [0.4, 0.5) is 20.2 Å². The fraction of sp³-hybridized carbons (Fsp3) is 0.400. The lowest BCUT2D eigenvalue weighted by atomic mass is 10.1. The van der Waals surface area contributed by atoms with Crippen LogP contribution in [0.1, 0.15) is 79.1 Å². The summed E-state index contributed by atoms with van der Waals surface area (Å²) in [5.41, 5.74) is 5.55. The van der Waals surface area contributed by atoms with E-state index in [4.69, 9.17) is 0 Å². The number of nitrogens with zero attached hydrogens (tertiary/aromatic N) is 6. The number of unbranched alkanes of at least 4 members (excludes halogenated alkanes) is 4. The van der Waals surface area contributed by atoms with Crippen molar-refractivity contribution in [2.75, 3.05) is 36.0 Å². The Morgan fingerprint density at radius 1 is 0.510 bits per heavy atom. The van der Waals surface area contributed by atoms with E-state index < -0.39 is 0 Å². The van der Waals surface area contributed by atoms with Crippen molar-refractivity contribution >= 4 is 56.8 Å². The predicted molar refractivity (Wildman–Crippen MR) is 214 cm³/mol. The second-order valence-corrected chi connectivity index (χ2v) is 15.6. The zero-order valence-corrected chi connectivity index (χ0v) is 32.4. The first-order valence-corrected chi connectivity index (χ1v) is 20.6. The Morgan fingerprint density at radius 2 is 0.882 bits per heavy atom. The van der Waals surface area contributed by atoms with E-state index in [1.807, 2.05) is 48.5 Å². The minimum Gasteiger partial charge on any atom is -0.371 e. The Hall–Kier alpha value is -3.80. The van der Waals surface area contributed by atoms with E-state index in [1.54, 1.807) is 12.1 Å². The first kappa shape index (κ1) is 37.0. The smallest absolute Gasteiger partial charge is 0.136 e. The van der Waals surface area contributed by atoms with Gasteiger partial charge < -0.3 is 9.80 Å². The molecule has 6 aromatic rings. The molecular formula is C40H46F2N6S3. The standard InChI is InChI=1S/C40H46F2N6S3/c1-5-9-21-47(22-10-6-2)27-13-15-29(31(41)25-27)33-17-19-35(49-33)37-39-40(46-51-45-39)38(44-43-37)36-20-18-34(50-36)30-16-14-28(26-32(30)42)48(23-11-7-3)24-12-8-4/h13-20,25-26H,5-12,21-24H2,1-4H3. The van der Waals surface area contributed by atoms with Gasteiger partial charge in [0.2, 0.25) is 0 Å². The number of aromatic nitrogens is 4. The second kappa shape index (κ2) is 17.6. The molecule has 0 saturated heterocycles. The molecule has 51 heavy (non-hydrogen) atoms. The van der Waals surface area contributed by atoms with Crippen molar-refractivity contribution in [3.8, 4) is 42.0 Å². The third kappa shape index (κ3) is 8.47. The molecule has 4 aromatic heterocycles. The molecule has 0 amide bonds. The zero-order valence-electron chi connectivity index (χ0n) is 29.9. The Balaban J connectivity index is 1.23. The van der Waals surface area contributed by atoms with Crippen molar-refractivity contribution in [1.29, 1.82) is 0 Å². The van der Waals surface area contributed by atoms with Crippen molar-refractivity contribution < 1.29 is 8.78 Å². The molecule has 0 aliphatic heterocycles. The van der Waals surface area contributed by atoms with Crippen molar-refractivity contribution in [2.24, 2.45) is 0 Å². The summed E-state index contributed by atoms with van der Waals surface area (Å²) in [7, 11) is 0. The van der Waals surface area contributed by atoms with E-state index in [9.17, 15) is 0 Å². The number of fused-ring (bicyclic) bond motifs is 1. The highest BCUT2D eigenvalue weighted by Gasteiger charge is 2.21. The normalized spacial score (nSPS) is 11.5. The maximum Gasteiger partial charge on any atom is 0.136 e. The molecule has 6 nitrogen and oxygen atoms in total. The highest BCUT2D eigenvalue weighted by Crippen LogP contribution is 2.41. The molecule has 0 radical (unpaired) electrons. The monoisotopic (exact) mass is 744 g/mol. The molecule has 0 N–H and O–H groups in total. The lowest BCUT2D eigenvalue weighted by Crippen LogP contribution is -2.25. The quantitative estimate of drug-likeness (QED) is 0.0873.